The molecule has 0 atom stereocenters. The van der Waals surface area contributed by atoms with Gasteiger partial charge in [0.1, 0.15) is 5.83 Å². The number of benzene rings is 2. The van der Waals surface area contributed by atoms with E-state index in [4.69, 9.17) is 0 Å². The molecule has 0 spiro atoms. The number of fused-ring (bicyclic) bond motifs is 1. The molecule has 2 aromatic carbocycles. The molecule has 0 aromatic heterocycles. The van der Waals surface area contributed by atoms with Crippen LogP contribution < -0.4 is 0 Å². The van der Waals surface area contributed by atoms with Crippen LogP contribution in [0.25, 0.3) is 16.8 Å². The molecule has 2 rings (SSSR count). The van der Waals surface area contributed by atoms with Gasteiger partial charge in [-0.25, -0.2) is 4.39 Å². The van der Waals surface area contributed by atoms with Gasteiger partial charge in [-0.2, -0.15) is 0 Å². The van der Waals surface area contributed by atoms with Crippen LogP contribution in [-0.2, 0) is 0 Å². The minimum Gasteiger partial charge on any atom is -0.212 e. The average molecular weight is 214 g/mol. The molecule has 0 fully saturated rings. The number of halogens is 1. The van der Waals surface area contributed by atoms with E-state index in [0.717, 1.165) is 10.9 Å². The summed E-state index contributed by atoms with van der Waals surface area (Å²) in [5, 5.41) is 2.33. The fraction of sp³-hybridized carbons (Fsp3) is 0.200. The molecule has 0 aliphatic heterocycles. The standard InChI is InChI=1S/C15H15F/c1-11(2)15(16)10-12-7-8-13-5-3-4-6-14(13)9-12/h3-11H,1-2H3/b15-10+. The van der Waals surface area contributed by atoms with Gasteiger partial charge in [-0.15, -0.1) is 0 Å². The summed E-state index contributed by atoms with van der Waals surface area (Å²) in [6, 6.07) is 14.1. The largest absolute Gasteiger partial charge is 0.212 e. The maximum Gasteiger partial charge on any atom is 0.103 e. The van der Waals surface area contributed by atoms with Crippen molar-refractivity contribution in [1.29, 1.82) is 0 Å². The van der Waals surface area contributed by atoms with Crippen LogP contribution >= 0.6 is 0 Å². The Balaban J connectivity index is 2.44. The van der Waals surface area contributed by atoms with E-state index in [1.807, 2.05) is 50.2 Å². The molecule has 0 saturated heterocycles. The van der Waals surface area contributed by atoms with Gasteiger partial charge in [0.2, 0.25) is 0 Å². The van der Waals surface area contributed by atoms with Gasteiger partial charge in [0.25, 0.3) is 0 Å². The molecule has 0 heterocycles. The van der Waals surface area contributed by atoms with E-state index in [1.54, 1.807) is 6.08 Å². The first-order chi connectivity index (χ1) is 7.66. The zero-order chi connectivity index (χ0) is 11.5. The Hall–Kier alpha value is -1.63. The summed E-state index contributed by atoms with van der Waals surface area (Å²) in [6.45, 7) is 3.71. The highest BCUT2D eigenvalue weighted by Gasteiger charge is 2.01. The zero-order valence-electron chi connectivity index (χ0n) is 9.57. The Morgan fingerprint density at radius 3 is 2.44 bits per heavy atom. The maximum atomic E-state index is 13.5. The number of hydrogen-bond donors (Lipinski definition) is 0. The lowest BCUT2D eigenvalue weighted by atomic mass is 10.1. The molecule has 0 amide bonds. The molecule has 1 heteroatoms. The highest BCUT2D eigenvalue weighted by Crippen LogP contribution is 2.20. The minimum atomic E-state index is -0.0738. The third-order valence-corrected chi connectivity index (χ3v) is 2.63. The van der Waals surface area contributed by atoms with E-state index in [1.165, 1.54) is 5.39 Å². The Morgan fingerprint density at radius 2 is 1.75 bits per heavy atom. The smallest absolute Gasteiger partial charge is 0.103 e. The monoisotopic (exact) mass is 214 g/mol. The molecular weight excluding hydrogens is 199 g/mol. The molecule has 0 aliphatic rings. The molecule has 2 aromatic rings. The van der Waals surface area contributed by atoms with Crippen LogP contribution in [0.1, 0.15) is 19.4 Å². The SMILES string of the molecule is CC(C)/C(F)=C\c1ccc2ccccc2c1. The lowest BCUT2D eigenvalue weighted by molar-refractivity contribution is 0.527. The van der Waals surface area contributed by atoms with Gasteiger partial charge in [0.05, 0.1) is 0 Å². The van der Waals surface area contributed by atoms with Gasteiger partial charge in [-0.05, 0) is 28.5 Å². The summed E-state index contributed by atoms with van der Waals surface area (Å²) in [7, 11) is 0. The van der Waals surface area contributed by atoms with Gasteiger partial charge in [0, 0.05) is 5.92 Å². The lowest BCUT2D eigenvalue weighted by Crippen LogP contribution is -1.86. The van der Waals surface area contributed by atoms with Crippen molar-refractivity contribution >= 4 is 16.8 Å². The van der Waals surface area contributed by atoms with Crippen LogP contribution in [0, 0.1) is 5.92 Å². The third-order valence-electron chi connectivity index (χ3n) is 2.63. The van der Waals surface area contributed by atoms with Crippen LogP contribution in [0.3, 0.4) is 0 Å². The Morgan fingerprint density at radius 1 is 1.06 bits per heavy atom. The third kappa shape index (κ3) is 2.30. The van der Waals surface area contributed by atoms with Crippen LogP contribution in [0.2, 0.25) is 0 Å². The van der Waals surface area contributed by atoms with E-state index in [2.05, 4.69) is 6.07 Å². The number of hydrogen-bond acceptors (Lipinski definition) is 0. The highest BCUT2D eigenvalue weighted by molar-refractivity contribution is 5.84. The van der Waals surface area contributed by atoms with Crippen molar-refractivity contribution < 1.29 is 4.39 Å². The van der Waals surface area contributed by atoms with Gasteiger partial charge < -0.3 is 0 Å². The fourth-order valence-corrected chi connectivity index (χ4v) is 1.62. The summed E-state index contributed by atoms with van der Waals surface area (Å²) in [5.41, 5.74) is 0.921. The molecule has 82 valence electrons. The molecule has 0 bridgehead atoms. The second-order valence-electron chi connectivity index (χ2n) is 4.29. The van der Waals surface area contributed by atoms with Crippen molar-refractivity contribution in [2.45, 2.75) is 13.8 Å². The molecule has 0 aliphatic carbocycles. The lowest BCUT2D eigenvalue weighted by Gasteiger charge is -2.02. The van der Waals surface area contributed by atoms with Crippen LogP contribution in [0.5, 0.6) is 0 Å². The summed E-state index contributed by atoms with van der Waals surface area (Å²) in [4.78, 5) is 0. The van der Waals surface area contributed by atoms with Crippen LogP contribution in [-0.4, -0.2) is 0 Å². The first-order valence-corrected chi connectivity index (χ1v) is 5.53. The van der Waals surface area contributed by atoms with Crippen molar-refractivity contribution in [1.82, 2.24) is 0 Å². The Kier molecular flexibility index (Phi) is 3.04. The van der Waals surface area contributed by atoms with Crippen molar-refractivity contribution in [3.05, 3.63) is 53.9 Å². The zero-order valence-corrected chi connectivity index (χ0v) is 9.57. The van der Waals surface area contributed by atoms with Crippen molar-refractivity contribution in [3.63, 3.8) is 0 Å². The molecular formula is C15H15F. The molecule has 0 saturated carbocycles. The van der Waals surface area contributed by atoms with Gasteiger partial charge in [-0.1, -0.05) is 50.2 Å². The van der Waals surface area contributed by atoms with Crippen molar-refractivity contribution in [2.75, 3.05) is 0 Å². The van der Waals surface area contributed by atoms with Crippen LogP contribution in [0.15, 0.2) is 48.3 Å². The fourth-order valence-electron chi connectivity index (χ4n) is 1.62. The molecule has 16 heavy (non-hydrogen) atoms. The molecule has 0 unspecified atom stereocenters. The van der Waals surface area contributed by atoms with Crippen molar-refractivity contribution in [3.8, 4) is 0 Å². The van der Waals surface area contributed by atoms with Gasteiger partial charge >= 0.3 is 0 Å². The minimum absolute atomic E-state index is 0.0496. The normalized spacial score (nSPS) is 12.4. The summed E-state index contributed by atoms with van der Waals surface area (Å²) < 4.78 is 13.5. The van der Waals surface area contributed by atoms with Crippen LogP contribution in [0.4, 0.5) is 4.39 Å². The van der Waals surface area contributed by atoms with E-state index in [-0.39, 0.29) is 11.7 Å². The number of allylic oxidation sites excluding steroid dienone is 1. The Bertz CT molecular complexity index is 524. The van der Waals surface area contributed by atoms with E-state index >= 15 is 0 Å². The van der Waals surface area contributed by atoms with E-state index < -0.39 is 0 Å². The quantitative estimate of drug-likeness (QED) is 0.673. The second kappa shape index (κ2) is 4.48. The Labute approximate surface area is 95.4 Å². The number of rotatable bonds is 2. The summed E-state index contributed by atoms with van der Waals surface area (Å²) in [5.74, 6) is -0.123. The summed E-state index contributed by atoms with van der Waals surface area (Å²) in [6.07, 6.45) is 1.61. The second-order valence-corrected chi connectivity index (χ2v) is 4.29. The van der Waals surface area contributed by atoms with E-state index in [9.17, 15) is 4.39 Å². The average Bonchev–Trinajstić information content (AvgIpc) is 2.28. The van der Waals surface area contributed by atoms with Gasteiger partial charge in [-0.3, -0.25) is 0 Å². The highest BCUT2D eigenvalue weighted by atomic mass is 19.1. The van der Waals surface area contributed by atoms with Gasteiger partial charge in [0.15, 0.2) is 0 Å². The predicted octanol–water partition coefficient (Wildman–Crippen LogP) is 4.81. The molecule has 0 radical (unpaired) electrons. The maximum absolute atomic E-state index is 13.5. The summed E-state index contributed by atoms with van der Waals surface area (Å²) >= 11 is 0. The first-order valence-electron chi connectivity index (χ1n) is 5.53. The van der Waals surface area contributed by atoms with E-state index in [0.29, 0.717) is 0 Å². The van der Waals surface area contributed by atoms with Crippen molar-refractivity contribution in [2.24, 2.45) is 5.92 Å². The predicted molar refractivity (Wildman–Crippen MR) is 67.9 cm³/mol. The first kappa shape index (κ1) is 10.9. The molecule has 0 N–H and O–H groups in total. The molecule has 0 nitrogen and oxygen atoms in total. The topological polar surface area (TPSA) is 0 Å².